The molecular formula is C10H15BO4. The van der Waals surface area contributed by atoms with Crippen LogP contribution in [0.25, 0.3) is 0 Å². The zero-order valence-corrected chi connectivity index (χ0v) is 9.03. The highest BCUT2D eigenvalue weighted by molar-refractivity contribution is 6.55. The van der Waals surface area contributed by atoms with Crippen LogP contribution in [-0.2, 0) is 14.2 Å². The molecule has 1 aliphatic rings. The van der Waals surface area contributed by atoms with Crippen molar-refractivity contribution in [1.82, 2.24) is 0 Å². The topological polar surface area (TPSA) is 55.8 Å². The molecule has 1 aliphatic heterocycles. The highest BCUT2D eigenvalue weighted by Crippen LogP contribution is 2.28. The molecule has 0 aliphatic carbocycles. The van der Waals surface area contributed by atoms with Crippen molar-refractivity contribution in [3.63, 3.8) is 0 Å². The van der Waals surface area contributed by atoms with Crippen molar-refractivity contribution in [1.29, 1.82) is 0 Å². The molecule has 0 aromatic carbocycles. The fraction of sp³-hybridized carbons (Fsp3) is 0.500. The first kappa shape index (κ1) is 12.0. The van der Waals surface area contributed by atoms with Gasteiger partial charge in [-0.1, -0.05) is 12.7 Å². The summed E-state index contributed by atoms with van der Waals surface area (Å²) in [7, 11) is -1.00. The maximum absolute atomic E-state index is 11.2. The Kier molecular flexibility index (Phi) is 4.11. The van der Waals surface area contributed by atoms with E-state index >= 15 is 0 Å². The highest BCUT2D eigenvalue weighted by atomic mass is 16.5. The van der Waals surface area contributed by atoms with Gasteiger partial charge in [-0.15, -0.1) is 0 Å². The van der Waals surface area contributed by atoms with E-state index in [4.69, 9.17) is 9.39 Å². The molecule has 0 saturated carbocycles. The Hall–Kier alpha value is -1.07. The third-order valence-electron chi connectivity index (χ3n) is 2.28. The zero-order valence-electron chi connectivity index (χ0n) is 9.03. The zero-order chi connectivity index (χ0) is 11.4. The minimum absolute atomic E-state index is 0.115. The second kappa shape index (κ2) is 5.14. The van der Waals surface area contributed by atoms with Crippen LogP contribution in [0, 0.1) is 0 Å². The van der Waals surface area contributed by atoms with Crippen LogP contribution in [0.3, 0.4) is 0 Å². The predicted molar refractivity (Wildman–Crippen MR) is 57.0 cm³/mol. The molecule has 1 rings (SSSR count). The number of carbonyl (C=O) groups excluding carboxylic acids is 1. The van der Waals surface area contributed by atoms with E-state index in [0.717, 1.165) is 5.57 Å². The Morgan fingerprint density at radius 3 is 3.00 bits per heavy atom. The molecule has 0 aromatic heterocycles. The summed E-state index contributed by atoms with van der Waals surface area (Å²) in [5.41, 5.74) is 1.29. The molecule has 82 valence electrons. The third-order valence-corrected chi connectivity index (χ3v) is 2.28. The summed E-state index contributed by atoms with van der Waals surface area (Å²) in [5.74, 6) is -0.330. The lowest BCUT2D eigenvalue weighted by molar-refractivity contribution is -0.144. The Morgan fingerprint density at radius 2 is 2.47 bits per heavy atom. The summed E-state index contributed by atoms with van der Waals surface area (Å²) in [6, 6.07) is 0. The molecule has 1 unspecified atom stereocenters. The number of esters is 1. The summed E-state index contributed by atoms with van der Waals surface area (Å²) >= 11 is 0. The van der Waals surface area contributed by atoms with Gasteiger partial charge in [0.25, 0.3) is 0 Å². The van der Waals surface area contributed by atoms with Gasteiger partial charge >= 0.3 is 13.1 Å². The van der Waals surface area contributed by atoms with Crippen molar-refractivity contribution in [2.24, 2.45) is 0 Å². The maximum atomic E-state index is 11.2. The molecule has 4 nitrogen and oxygen atoms in total. The van der Waals surface area contributed by atoms with Crippen LogP contribution in [0.1, 0.15) is 20.3 Å². The minimum atomic E-state index is -1.00. The van der Waals surface area contributed by atoms with Crippen molar-refractivity contribution >= 4 is 13.1 Å². The van der Waals surface area contributed by atoms with Gasteiger partial charge in [0.2, 0.25) is 0 Å². The van der Waals surface area contributed by atoms with E-state index < -0.39 is 13.2 Å². The lowest BCUT2D eigenvalue weighted by Gasteiger charge is -2.10. The van der Waals surface area contributed by atoms with Crippen LogP contribution >= 0.6 is 0 Å². The molecule has 0 spiro atoms. The van der Waals surface area contributed by atoms with E-state index in [2.05, 4.69) is 6.58 Å². The molecule has 0 amide bonds. The molecule has 1 fully saturated rings. The summed E-state index contributed by atoms with van der Waals surface area (Å²) < 4.78 is 9.99. The van der Waals surface area contributed by atoms with Crippen molar-refractivity contribution in [3.05, 3.63) is 23.7 Å². The van der Waals surface area contributed by atoms with Crippen LogP contribution in [0.5, 0.6) is 0 Å². The second-order valence-corrected chi connectivity index (χ2v) is 3.26. The summed E-state index contributed by atoms with van der Waals surface area (Å²) in [4.78, 5) is 11.2. The van der Waals surface area contributed by atoms with Crippen molar-refractivity contribution in [3.8, 4) is 0 Å². The lowest BCUT2D eigenvalue weighted by Crippen LogP contribution is -2.19. The molecule has 0 radical (unpaired) electrons. The molecule has 0 bridgehead atoms. The monoisotopic (exact) mass is 210 g/mol. The first-order valence-electron chi connectivity index (χ1n) is 4.94. The Bertz CT molecular complexity index is 298. The second-order valence-electron chi connectivity index (χ2n) is 3.26. The van der Waals surface area contributed by atoms with Crippen LogP contribution < -0.4 is 0 Å². The normalized spacial score (nSPS) is 23.7. The third kappa shape index (κ3) is 2.70. The molecule has 1 atom stereocenters. The number of rotatable bonds is 3. The summed E-state index contributed by atoms with van der Waals surface area (Å²) in [6.07, 6.45) is 1.48. The fourth-order valence-electron chi connectivity index (χ4n) is 1.56. The average Bonchev–Trinajstić information content (AvgIpc) is 2.42. The van der Waals surface area contributed by atoms with Gasteiger partial charge in [0.15, 0.2) is 0 Å². The van der Waals surface area contributed by atoms with Gasteiger partial charge in [0, 0.05) is 0 Å². The van der Waals surface area contributed by atoms with E-state index in [0.29, 0.717) is 12.1 Å². The number of hydrogen-bond donors (Lipinski definition) is 1. The van der Waals surface area contributed by atoms with Gasteiger partial charge in [-0.05, 0) is 24.9 Å². The number of hydrogen-bond acceptors (Lipinski definition) is 4. The number of allylic oxidation sites excluding steroid dienone is 1. The van der Waals surface area contributed by atoms with Crippen LogP contribution in [0.2, 0.25) is 0 Å². The van der Waals surface area contributed by atoms with Crippen LogP contribution in [0.4, 0.5) is 0 Å². The van der Waals surface area contributed by atoms with Crippen molar-refractivity contribution < 1.29 is 19.2 Å². The molecule has 1 heterocycles. The standard InChI is InChI=1S/C10H15BO4/c1-4-8-7(3)11(13)15-9(8)6-10(12)14-5-2/h4,9,13H,3,5-6H2,1-2H3. The molecule has 15 heavy (non-hydrogen) atoms. The molecular weight excluding hydrogens is 195 g/mol. The van der Waals surface area contributed by atoms with E-state index in [1.54, 1.807) is 13.0 Å². The van der Waals surface area contributed by atoms with E-state index in [-0.39, 0.29) is 12.4 Å². The van der Waals surface area contributed by atoms with Gasteiger partial charge in [-0.3, -0.25) is 4.79 Å². The maximum Gasteiger partial charge on any atom is 0.491 e. The summed E-state index contributed by atoms with van der Waals surface area (Å²) in [6.45, 7) is 7.61. The van der Waals surface area contributed by atoms with Crippen molar-refractivity contribution in [2.45, 2.75) is 26.4 Å². The Labute approximate surface area is 89.7 Å². The van der Waals surface area contributed by atoms with Crippen molar-refractivity contribution in [2.75, 3.05) is 6.61 Å². The van der Waals surface area contributed by atoms with E-state index in [9.17, 15) is 9.82 Å². The SMILES string of the molecule is C=C1B(O)OC(CC(=O)OCC)C1=CC. The largest absolute Gasteiger partial charge is 0.491 e. The van der Waals surface area contributed by atoms with Crippen LogP contribution in [-0.4, -0.2) is 30.8 Å². The molecule has 1 saturated heterocycles. The van der Waals surface area contributed by atoms with Gasteiger partial charge in [-0.25, -0.2) is 0 Å². The van der Waals surface area contributed by atoms with Crippen LogP contribution in [0.15, 0.2) is 23.7 Å². The lowest BCUT2D eigenvalue weighted by atomic mass is 9.78. The number of ether oxygens (including phenoxy) is 1. The Morgan fingerprint density at radius 1 is 1.80 bits per heavy atom. The van der Waals surface area contributed by atoms with Gasteiger partial charge < -0.3 is 14.4 Å². The highest BCUT2D eigenvalue weighted by Gasteiger charge is 2.37. The molecule has 0 aromatic rings. The van der Waals surface area contributed by atoms with E-state index in [1.807, 2.05) is 6.92 Å². The smallest absolute Gasteiger partial charge is 0.466 e. The average molecular weight is 210 g/mol. The van der Waals surface area contributed by atoms with E-state index in [1.165, 1.54) is 0 Å². The first-order chi connectivity index (χ1) is 7.10. The first-order valence-corrected chi connectivity index (χ1v) is 4.94. The van der Waals surface area contributed by atoms with Gasteiger partial charge in [-0.2, -0.15) is 0 Å². The minimum Gasteiger partial charge on any atom is -0.466 e. The molecule has 1 N–H and O–H groups in total. The number of carbonyl (C=O) groups is 1. The molecule has 5 heteroatoms. The Balaban J connectivity index is 2.63. The van der Waals surface area contributed by atoms with Gasteiger partial charge in [0.05, 0.1) is 19.1 Å². The predicted octanol–water partition coefficient (Wildman–Crippen LogP) is 0.861. The quantitative estimate of drug-likeness (QED) is 0.554. The van der Waals surface area contributed by atoms with Gasteiger partial charge in [0.1, 0.15) is 0 Å². The fourth-order valence-corrected chi connectivity index (χ4v) is 1.56. The summed E-state index contributed by atoms with van der Waals surface area (Å²) in [5, 5.41) is 9.40.